The van der Waals surface area contributed by atoms with E-state index >= 15 is 0 Å². The van der Waals surface area contributed by atoms with Crippen molar-refractivity contribution in [2.75, 3.05) is 0 Å². The van der Waals surface area contributed by atoms with E-state index in [1.807, 2.05) is 49.9 Å². The molecular weight excluding hydrogens is 436 g/mol. The molecule has 10 heteroatoms. The number of hydrogen-bond donors (Lipinski definition) is 3. The van der Waals surface area contributed by atoms with Crippen molar-refractivity contribution >= 4 is 61.0 Å². The van der Waals surface area contributed by atoms with Crippen molar-refractivity contribution < 1.29 is 19.1 Å². The fourth-order valence-electron chi connectivity index (χ4n) is 3.03. The number of rotatable bonds is 4. The Kier molecular flexibility index (Phi) is 6.51. The first-order valence-electron chi connectivity index (χ1n) is 9.46. The first kappa shape index (κ1) is 22.6. The van der Waals surface area contributed by atoms with Crippen LogP contribution in [-0.4, -0.2) is 33.1 Å². The van der Waals surface area contributed by atoms with Crippen LogP contribution in [0.4, 0.5) is 4.79 Å². The smallest absolute Gasteiger partial charge is 0.419 e. The maximum absolute atomic E-state index is 12.1. The van der Waals surface area contributed by atoms with E-state index in [-0.39, 0.29) is 12.3 Å². The number of ether oxygens (including phenoxy) is 1. The third-order valence-electron chi connectivity index (χ3n) is 4.20. The molecule has 0 radical (unpaired) electrons. The lowest BCUT2D eigenvalue weighted by molar-refractivity contribution is -0.118. The number of carbonyl (C=O) groups is 3. The highest BCUT2D eigenvalue weighted by molar-refractivity contribution is 7.17. The average Bonchev–Trinajstić information content (AvgIpc) is 3.37. The minimum atomic E-state index is -0.561. The lowest BCUT2D eigenvalue weighted by Crippen LogP contribution is -2.26. The summed E-state index contributed by atoms with van der Waals surface area (Å²) in [6.45, 7) is 5.43. The van der Waals surface area contributed by atoms with E-state index in [9.17, 15) is 14.4 Å². The second-order valence-electron chi connectivity index (χ2n) is 7.91. The second kappa shape index (κ2) is 8.94. The number of carbonyl (C=O) groups excluding carboxylic acids is 3. The van der Waals surface area contributed by atoms with Gasteiger partial charge in [0.05, 0.1) is 17.7 Å². The number of nitrogens with zero attached hydrogens (tertiary/aromatic N) is 1. The zero-order chi connectivity index (χ0) is 22.8. The molecule has 0 spiro atoms. The number of amides is 2. The van der Waals surface area contributed by atoms with Gasteiger partial charge < -0.3 is 21.2 Å². The lowest BCUT2D eigenvalue weighted by atomic mass is 10.2. The van der Waals surface area contributed by atoms with Crippen LogP contribution in [0.5, 0.6) is 0 Å². The SMILES string of the molecule is CC(C)(C)OC(=O)n1cc(CC(N)=O)c2ccsc21.NC(=O)Cc1c[nH]c2sccc12. The highest BCUT2D eigenvalue weighted by atomic mass is 32.1. The van der Waals surface area contributed by atoms with Crippen LogP contribution in [0.3, 0.4) is 0 Å². The molecule has 4 heterocycles. The van der Waals surface area contributed by atoms with Crippen LogP contribution in [0.25, 0.3) is 20.4 Å². The maximum atomic E-state index is 12.1. The maximum Gasteiger partial charge on any atom is 0.419 e. The van der Waals surface area contributed by atoms with Crippen molar-refractivity contribution in [3.05, 3.63) is 46.4 Å². The quantitative estimate of drug-likeness (QED) is 0.427. The standard InChI is InChI=1S/C13H16N2O3S.C8H8N2OS/c1-13(2,3)18-12(17)15-7-8(6-10(14)16)9-4-5-19-11(9)15;9-7(11)3-5-4-10-8-6(5)1-2-12-8/h4-5,7H,6H2,1-3H3,(H2,14,16);1-2,4,10H,3H2,(H2,9,11). The minimum Gasteiger partial charge on any atom is -0.443 e. The van der Waals surface area contributed by atoms with Crippen LogP contribution < -0.4 is 11.5 Å². The largest absolute Gasteiger partial charge is 0.443 e. The Bertz CT molecular complexity index is 1240. The molecule has 0 aromatic carbocycles. The van der Waals surface area contributed by atoms with E-state index in [4.69, 9.17) is 16.2 Å². The molecule has 0 aliphatic heterocycles. The summed E-state index contributed by atoms with van der Waals surface area (Å²) in [5.41, 5.74) is 11.5. The van der Waals surface area contributed by atoms with Crippen molar-refractivity contribution in [3.63, 3.8) is 0 Å². The summed E-state index contributed by atoms with van der Waals surface area (Å²) >= 11 is 3.05. The Labute approximate surface area is 186 Å². The van der Waals surface area contributed by atoms with Crippen LogP contribution in [0.15, 0.2) is 35.3 Å². The summed E-state index contributed by atoms with van der Waals surface area (Å²) in [6, 6.07) is 3.87. The van der Waals surface area contributed by atoms with Gasteiger partial charge in [0.2, 0.25) is 11.8 Å². The molecule has 0 bridgehead atoms. The van der Waals surface area contributed by atoms with Crippen LogP contribution in [0.1, 0.15) is 31.9 Å². The molecule has 4 aromatic rings. The number of nitrogens with one attached hydrogen (secondary N) is 1. The molecule has 8 nitrogen and oxygen atoms in total. The summed E-state index contributed by atoms with van der Waals surface area (Å²) in [5, 5.41) is 5.84. The van der Waals surface area contributed by atoms with E-state index < -0.39 is 17.6 Å². The Morgan fingerprint density at radius 1 is 1.00 bits per heavy atom. The first-order chi connectivity index (χ1) is 14.5. The van der Waals surface area contributed by atoms with Crippen LogP contribution in [-0.2, 0) is 27.2 Å². The monoisotopic (exact) mass is 460 g/mol. The van der Waals surface area contributed by atoms with Gasteiger partial charge in [-0.15, -0.1) is 22.7 Å². The molecule has 164 valence electrons. The predicted molar refractivity (Wildman–Crippen MR) is 123 cm³/mol. The van der Waals surface area contributed by atoms with Gasteiger partial charge in [-0.3, -0.25) is 9.59 Å². The highest BCUT2D eigenvalue weighted by Gasteiger charge is 2.21. The third-order valence-corrected chi connectivity index (χ3v) is 5.96. The zero-order valence-corrected chi connectivity index (χ0v) is 19.1. The van der Waals surface area contributed by atoms with Gasteiger partial charge in [0.15, 0.2) is 0 Å². The molecule has 31 heavy (non-hydrogen) atoms. The van der Waals surface area contributed by atoms with Crippen molar-refractivity contribution in [2.45, 2.75) is 39.2 Å². The van der Waals surface area contributed by atoms with Crippen LogP contribution in [0.2, 0.25) is 0 Å². The lowest BCUT2D eigenvalue weighted by Gasteiger charge is -2.19. The number of thiophene rings is 2. The van der Waals surface area contributed by atoms with Crippen LogP contribution >= 0.6 is 22.7 Å². The van der Waals surface area contributed by atoms with E-state index in [0.29, 0.717) is 6.42 Å². The van der Waals surface area contributed by atoms with Gasteiger partial charge in [-0.25, -0.2) is 9.36 Å². The number of H-pyrrole nitrogens is 1. The van der Waals surface area contributed by atoms with E-state index in [1.54, 1.807) is 17.5 Å². The molecule has 0 saturated heterocycles. The molecule has 5 N–H and O–H groups in total. The Morgan fingerprint density at radius 2 is 1.61 bits per heavy atom. The molecule has 4 rings (SSSR count). The van der Waals surface area contributed by atoms with Crippen LogP contribution in [0, 0.1) is 0 Å². The van der Waals surface area contributed by atoms with Gasteiger partial charge in [0, 0.05) is 23.2 Å². The zero-order valence-electron chi connectivity index (χ0n) is 17.4. The topological polar surface area (TPSA) is 133 Å². The van der Waals surface area contributed by atoms with Crippen molar-refractivity contribution in [1.29, 1.82) is 0 Å². The minimum absolute atomic E-state index is 0.114. The molecular formula is C21H24N4O4S2. The number of nitrogens with two attached hydrogens (primary N) is 2. The number of aromatic nitrogens is 2. The van der Waals surface area contributed by atoms with E-state index in [1.165, 1.54) is 15.9 Å². The Morgan fingerprint density at radius 3 is 2.26 bits per heavy atom. The van der Waals surface area contributed by atoms with Crippen molar-refractivity contribution in [2.24, 2.45) is 11.5 Å². The van der Waals surface area contributed by atoms with E-state index in [2.05, 4.69) is 4.98 Å². The molecule has 4 aromatic heterocycles. The fourth-order valence-corrected chi connectivity index (χ4v) is 4.72. The van der Waals surface area contributed by atoms with Gasteiger partial charge in [-0.05, 0) is 54.8 Å². The molecule has 0 saturated carbocycles. The fraction of sp³-hybridized carbons (Fsp3) is 0.286. The molecule has 0 aliphatic rings. The first-order valence-corrected chi connectivity index (χ1v) is 11.2. The molecule has 0 unspecified atom stereocenters. The van der Waals surface area contributed by atoms with Gasteiger partial charge in [-0.1, -0.05) is 0 Å². The molecule has 0 atom stereocenters. The number of hydrogen-bond acceptors (Lipinski definition) is 6. The highest BCUT2D eigenvalue weighted by Crippen LogP contribution is 2.28. The molecule has 0 aliphatic carbocycles. The average molecular weight is 461 g/mol. The normalized spacial score (nSPS) is 11.3. The van der Waals surface area contributed by atoms with Gasteiger partial charge in [-0.2, -0.15) is 0 Å². The summed E-state index contributed by atoms with van der Waals surface area (Å²) in [6.07, 6.45) is 3.45. The number of aromatic amines is 1. The van der Waals surface area contributed by atoms with Gasteiger partial charge in [0.1, 0.15) is 10.4 Å². The molecule has 0 fully saturated rings. The second-order valence-corrected chi connectivity index (χ2v) is 9.72. The van der Waals surface area contributed by atoms with Crippen molar-refractivity contribution in [3.8, 4) is 0 Å². The number of primary amides is 2. The van der Waals surface area contributed by atoms with Gasteiger partial charge >= 0.3 is 6.09 Å². The number of fused-ring (bicyclic) bond motifs is 2. The van der Waals surface area contributed by atoms with E-state index in [0.717, 1.165) is 31.6 Å². The third kappa shape index (κ3) is 5.53. The summed E-state index contributed by atoms with van der Waals surface area (Å²) < 4.78 is 6.77. The van der Waals surface area contributed by atoms with Crippen molar-refractivity contribution in [1.82, 2.24) is 9.55 Å². The van der Waals surface area contributed by atoms with Gasteiger partial charge in [0.25, 0.3) is 0 Å². The predicted octanol–water partition coefficient (Wildman–Crippen LogP) is 3.77. The summed E-state index contributed by atoms with van der Waals surface area (Å²) in [7, 11) is 0. The molecule has 2 amide bonds. The Hall–Kier alpha value is -3.11. The Balaban J connectivity index is 0.000000194. The summed E-state index contributed by atoms with van der Waals surface area (Å²) in [4.78, 5) is 38.7. The summed E-state index contributed by atoms with van der Waals surface area (Å²) in [5.74, 6) is -0.712.